The Hall–Kier alpha value is -0.870. The lowest BCUT2D eigenvalue weighted by Gasteiger charge is -2.40. The lowest BCUT2D eigenvalue weighted by atomic mass is 9.92. The van der Waals surface area contributed by atoms with Crippen molar-refractivity contribution in [2.45, 2.75) is 52.2 Å². The smallest absolute Gasteiger partial charge is 0.127 e. The van der Waals surface area contributed by atoms with Crippen LogP contribution in [0.1, 0.15) is 46.0 Å². The van der Waals surface area contributed by atoms with Crippen LogP contribution in [0.2, 0.25) is 0 Å². The van der Waals surface area contributed by atoms with Gasteiger partial charge in [-0.25, -0.2) is 4.98 Å². The van der Waals surface area contributed by atoms with Gasteiger partial charge in [0, 0.05) is 24.5 Å². The van der Waals surface area contributed by atoms with Crippen molar-refractivity contribution in [3.05, 3.63) is 18.2 Å². The molecule has 0 aliphatic carbocycles. The number of hydrogen-bond acceptors (Lipinski definition) is 3. The first kappa shape index (κ1) is 15.2. The molecule has 1 N–H and O–H groups in total. The predicted octanol–water partition coefficient (Wildman–Crippen LogP) is 2.28. The first-order valence-corrected chi connectivity index (χ1v) is 6.86. The Morgan fingerprint density at radius 1 is 1.39 bits per heavy atom. The molecule has 0 saturated carbocycles. The van der Waals surface area contributed by atoms with Gasteiger partial charge >= 0.3 is 0 Å². The molecule has 1 aromatic heterocycles. The van der Waals surface area contributed by atoms with E-state index in [1.165, 1.54) is 0 Å². The maximum Gasteiger partial charge on any atom is 0.127 e. The molecule has 1 aromatic rings. The van der Waals surface area contributed by atoms with Gasteiger partial charge in [-0.15, -0.1) is 0 Å². The minimum absolute atomic E-state index is 0.0213. The summed E-state index contributed by atoms with van der Waals surface area (Å²) in [6.45, 7) is 10.8. The van der Waals surface area contributed by atoms with Gasteiger partial charge in [0.05, 0.1) is 6.04 Å². The van der Waals surface area contributed by atoms with E-state index in [1.807, 2.05) is 6.20 Å². The van der Waals surface area contributed by atoms with E-state index in [0.29, 0.717) is 0 Å². The highest BCUT2D eigenvalue weighted by molar-refractivity contribution is 5.08. The number of nitrogens with one attached hydrogen (secondary N) is 1. The first-order valence-electron chi connectivity index (χ1n) is 6.86. The van der Waals surface area contributed by atoms with E-state index >= 15 is 0 Å². The normalized spacial score (nSPS) is 14.2. The number of rotatable bonds is 7. The molecule has 1 heterocycles. The van der Waals surface area contributed by atoms with E-state index in [-0.39, 0.29) is 11.6 Å². The fourth-order valence-electron chi connectivity index (χ4n) is 2.05. The van der Waals surface area contributed by atoms with E-state index in [9.17, 15) is 0 Å². The molecule has 1 atom stereocenters. The van der Waals surface area contributed by atoms with E-state index in [4.69, 9.17) is 0 Å². The van der Waals surface area contributed by atoms with Crippen molar-refractivity contribution >= 4 is 0 Å². The number of hydrogen-bond donors (Lipinski definition) is 1. The Bertz CT molecular complexity index is 354. The summed E-state index contributed by atoms with van der Waals surface area (Å²) in [5, 5.41) is 3.64. The standard InChI is InChI=1S/C14H28N4/c1-7-9-15-12(14(3,4)17(5)6)13-16-10-11-18(13)8-2/h10-12,15H,7-9H2,1-6H3. The summed E-state index contributed by atoms with van der Waals surface area (Å²) in [5.41, 5.74) is 0.0213. The number of nitrogens with zero attached hydrogens (tertiary/aromatic N) is 3. The van der Waals surface area contributed by atoms with Crippen LogP contribution in [0.15, 0.2) is 12.4 Å². The number of imidazole rings is 1. The Balaban J connectivity index is 3.05. The Morgan fingerprint density at radius 2 is 2.06 bits per heavy atom. The van der Waals surface area contributed by atoms with E-state index < -0.39 is 0 Å². The van der Waals surface area contributed by atoms with Gasteiger partial charge in [0.2, 0.25) is 0 Å². The van der Waals surface area contributed by atoms with Gasteiger partial charge in [-0.1, -0.05) is 6.92 Å². The van der Waals surface area contributed by atoms with Crippen LogP contribution >= 0.6 is 0 Å². The molecule has 0 bridgehead atoms. The van der Waals surface area contributed by atoms with Crippen molar-refractivity contribution in [3.63, 3.8) is 0 Å². The van der Waals surface area contributed by atoms with Crippen LogP contribution in [-0.2, 0) is 6.54 Å². The highest BCUT2D eigenvalue weighted by atomic mass is 15.2. The molecule has 1 unspecified atom stereocenters. The second kappa shape index (κ2) is 6.34. The monoisotopic (exact) mass is 252 g/mol. The second-order valence-electron chi connectivity index (χ2n) is 5.51. The Morgan fingerprint density at radius 3 is 2.56 bits per heavy atom. The molecule has 0 aliphatic rings. The number of likely N-dealkylation sites (N-methyl/N-ethyl adjacent to an activating group) is 1. The lowest BCUT2D eigenvalue weighted by Crippen LogP contribution is -2.50. The summed E-state index contributed by atoms with van der Waals surface area (Å²) in [4.78, 5) is 6.82. The summed E-state index contributed by atoms with van der Waals surface area (Å²) < 4.78 is 2.22. The number of aromatic nitrogens is 2. The van der Waals surface area contributed by atoms with Gasteiger partial charge in [0.1, 0.15) is 5.82 Å². The molecule has 0 amide bonds. The molecular formula is C14H28N4. The van der Waals surface area contributed by atoms with E-state index in [2.05, 4.69) is 67.8 Å². The van der Waals surface area contributed by atoms with Crippen LogP contribution in [0.25, 0.3) is 0 Å². The van der Waals surface area contributed by atoms with Crippen LogP contribution in [0.3, 0.4) is 0 Å². The molecule has 0 saturated heterocycles. The summed E-state index contributed by atoms with van der Waals surface area (Å²) >= 11 is 0. The molecule has 0 aromatic carbocycles. The number of aryl methyl sites for hydroxylation is 1. The minimum atomic E-state index is 0.0213. The topological polar surface area (TPSA) is 33.1 Å². The average molecular weight is 252 g/mol. The van der Waals surface area contributed by atoms with E-state index in [0.717, 1.165) is 25.3 Å². The van der Waals surface area contributed by atoms with Crippen molar-refractivity contribution in [1.82, 2.24) is 19.8 Å². The molecule has 0 fully saturated rings. The second-order valence-corrected chi connectivity index (χ2v) is 5.51. The molecular weight excluding hydrogens is 224 g/mol. The zero-order valence-electron chi connectivity index (χ0n) is 12.7. The fourth-order valence-corrected chi connectivity index (χ4v) is 2.05. The van der Waals surface area contributed by atoms with Crippen molar-refractivity contribution < 1.29 is 0 Å². The van der Waals surface area contributed by atoms with Crippen molar-refractivity contribution in [2.24, 2.45) is 0 Å². The quantitative estimate of drug-likeness (QED) is 0.808. The summed E-state index contributed by atoms with van der Waals surface area (Å²) in [6.07, 6.45) is 5.08. The largest absolute Gasteiger partial charge is 0.334 e. The molecule has 0 aliphatic heterocycles. The molecule has 18 heavy (non-hydrogen) atoms. The third kappa shape index (κ3) is 3.12. The molecule has 0 spiro atoms. The maximum absolute atomic E-state index is 4.56. The van der Waals surface area contributed by atoms with Gasteiger partial charge in [-0.05, 0) is 47.8 Å². The van der Waals surface area contributed by atoms with Gasteiger partial charge in [0.25, 0.3) is 0 Å². The average Bonchev–Trinajstić information content (AvgIpc) is 2.77. The fraction of sp³-hybridized carbons (Fsp3) is 0.786. The highest BCUT2D eigenvalue weighted by Gasteiger charge is 2.34. The highest BCUT2D eigenvalue weighted by Crippen LogP contribution is 2.28. The summed E-state index contributed by atoms with van der Waals surface area (Å²) in [5.74, 6) is 1.13. The van der Waals surface area contributed by atoms with Crippen LogP contribution in [0, 0.1) is 0 Å². The van der Waals surface area contributed by atoms with Crippen molar-refractivity contribution in [3.8, 4) is 0 Å². The van der Waals surface area contributed by atoms with Gasteiger partial charge in [0.15, 0.2) is 0 Å². The van der Waals surface area contributed by atoms with Crippen molar-refractivity contribution in [1.29, 1.82) is 0 Å². The van der Waals surface area contributed by atoms with Crippen LogP contribution in [0.5, 0.6) is 0 Å². The summed E-state index contributed by atoms with van der Waals surface area (Å²) in [7, 11) is 4.25. The first-order chi connectivity index (χ1) is 8.45. The Labute approximate surface area is 111 Å². The van der Waals surface area contributed by atoms with Crippen molar-refractivity contribution in [2.75, 3.05) is 20.6 Å². The minimum Gasteiger partial charge on any atom is -0.334 e. The van der Waals surface area contributed by atoms with Crippen LogP contribution < -0.4 is 5.32 Å². The van der Waals surface area contributed by atoms with Gasteiger partial charge in [-0.3, -0.25) is 0 Å². The van der Waals surface area contributed by atoms with Gasteiger partial charge in [-0.2, -0.15) is 0 Å². The summed E-state index contributed by atoms with van der Waals surface area (Å²) in [6, 6.07) is 0.238. The Kier molecular flexibility index (Phi) is 5.35. The zero-order chi connectivity index (χ0) is 13.8. The third-order valence-electron chi connectivity index (χ3n) is 3.80. The van der Waals surface area contributed by atoms with Gasteiger partial charge < -0.3 is 14.8 Å². The molecule has 4 heteroatoms. The molecule has 1 rings (SSSR count). The lowest BCUT2D eigenvalue weighted by molar-refractivity contribution is 0.131. The predicted molar refractivity (Wildman–Crippen MR) is 76.7 cm³/mol. The maximum atomic E-state index is 4.56. The molecule has 104 valence electrons. The van der Waals surface area contributed by atoms with Crippen LogP contribution in [0.4, 0.5) is 0 Å². The third-order valence-corrected chi connectivity index (χ3v) is 3.80. The SMILES string of the molecule is CCCNC(c1nccn1CC)C(C)(C)N(C)C. The van der Waals surface area contributed by atoms with Crippen LogP contribution in [-0.4, -0.2) is 40.6 Å². The molecule has 0 radical (unpaired) electrons. The zero-order valence-corrected chi connectivity index (χ0v) is 12.7. The molecule has 4 nitrogen and oxygen atoms in total. The van der Waals surface area contributed by atoms with E-state index in [1.54, 1.807) is 0 Å².